The van der Waals surface area contributed by atoms with Gasteiger partial charge in [0.25, 0.3) is 0 Å². The molecule has 0 saturated heterocycles. The van der Waals surface area contributed by atoms with E-state index in [9.17, 15) is 8.78 Å². The molecule has 0 unspecified atom stereocenters. The molecule has 0 spiro atoms. The maximum absolute atomic E-state index is 13.4. The van der Waals surface area contributed by atoms with Gasteiger partial charge in [-0.05, 0) is 0 Å². The zero-order valence-corrected chi connectivity index (χ0v) is 9.55. The van der Waals surface area contributed by atoms with E-state index in [0.717, 1.165) is 6.07 Å². The summed E-state index contributed by atoms with van der Waals surface area (Å²) < 4.78 is 31.4. The van der Waals surface area contributed by atoms with Gasteiger partial charge in [0.15, 0.2) is 23.3 Å². The molecule has 1 aromatic heterocycles. The number of hydrogen-bond acceptors (Lipinski definition) is 4. The van der Waals surface area contributed by atoms with Gasteiger partial charge < -0.3 is 15.0 Å². The molecule has 1 rings (SSSR count). The highest BCUT2D eigenvalue weighted by molar-refractivity contribution is 5.48. The maximum atomic E-state index is 13.4. The molecule has 16 heavy (non-hydrogen) atoms. The summed E-state index contributed by atoms with van der Waals surface area (Å²) in [5.74, 6) is -1.26. The van der Waals surface area contributed by atoms with Crippen LogP contribution in [0.15, 0.2) is 6.07 Å². The van der Waals surface area contributed by atoms with Crippen molar-refractivity contribution in [3.05, 3.63) is 17.7 Å². The normalized spacial score (nSPS) is 10.3. The molecule has 4 nitrogen and oxygen atoms in total. The van der Waals surface area contributed by atoms with Gasteiger partial charge >= 0.3 is 0 Å². The van der Waals surface area contributed by atoms with E-state index in [-0.39, 0.29) is 11.6 Å². The van der Waals surface area contributed by atoms with Crippen LogP contribution in [-0.2, 0) is 4.74 Å². The van der Waals surface area contributed by atoms with Crippen molar-refractivity contribution in [2.24, 2.45) is 0 Å². The average molecular weight is 231 g/mol. The number of nitrogens with zero attached hydrogens (tertiary/aromatic N) is 2. The molecule has 0 bridgehead atoms. The molecule has 0 aromatic carbocycles. The first kappa shape index (κ1) is 12.6. The van der Waals surface area contributed by atoms with Gasteiger partial charge in [-0.2, -0.15) is 0 Å². The molecule has 1 heterocycles. The minimum Gasteiger partial charge on any atom is -0.383 e. The molecule has 1 aromatic rings. The quantitative estimate of drug-likeness (QED) is 0.833. The molecule has 0 aliphatic rings. The Labute approximate surface area is 93.2 Å². The van der Waals surface area contributed by atoms with E-state index >= 15 is 0 Å². The van der Waals surface area contributed by atoms with Gasteiger partial charge in [-0.3, -0.25) is 0 Å². The Kier molecular flexibility index (Phi) is 4.42. The fourth-order valence-electron chi connectivity index (χ4n) is 1.23. The first-order valence-electron chi connectivity index (χ1n) is 4.84. The largest absolute Gasteiger partial charge is 0.383 e. The molecule has 0 radical (unpaired) electrons. The third kappa shape index (κ3) is 2.79. The minimum absolute atomic E-state index is 0.0284. The molecule has 0 amide bonds. The van der Waals surface area contributed by atoms with Gasteiger partial charge in [-0.1, -0.05) is 0 Å². The van der Waals surface area contributed by atoms with Gasteiger partial charge in [0.1, 0.15) is 0 Å². The zero-order valence-electron chi connectivity index (χ0n) is 9.55. The predicted molar refractivity (Wildman–Crippen MR) is 58.8 cm³/mol. The van der Waals surface area contributed by atoms with Crippen LogP contribution in [0.2, 0.25) is 0 Å². The number of methoxy groups -OCH3 is 1. The summed E-state index contributed by atoms with van der Waals surface area (Å²) in [6, 6.07) is 0.817. The second kappa shape index (κ2) is 5.60. The SMILES string of the molecule is CNc1nc(N(C)CCOC)c(F)cc1F. The summed E-state index contributed by atoms with van der Waals surface area (Å²) in [5.41, 5.74) is 0. The van der Waals surface area contributed by atoms with Crippen LogP contribution in [0.4, 0.5) is 20.4 Å². The van der Waals surface area contributed by atoms with Crippen molar-refractivity contribution in [3.63, 3.8) is 0 Å². The lowest BCUT2D eigenvalue weighted by Crippen LogP contribution is -2.24. The van der Waals surface area contributed by atoms with Gasteiger partial charge in [-0.25, -0.2) is 13.8 Å². The van der Waals surface area contributed by atoms with Gasteiger partial charge in [0.2, 0.25) is 0 Å². The summed E-state index contributed by atoms with van der Waals surface area (Å²) in [6.07, 6.45) is 0. The minimum atomic E-state index is -0.705. The zero-order chi connectivity index (χ0) is 12.1. The summed E-state index contributed by atoms with van der Waals surface area (Å²) in [4.78, 5) is 5.42. The lowest BCUT2D eigenvalue weighted by Gasteiger charge is -2.19. The number of rotatable bonds is 5. The smallest absolute Gasteiger partial charge is 0.168 e. The van der Waals surface area contributed by atoms with Crippen LogP contribution < -0.4 is 10.2 Å². The van der Waals surface area contributed by atoms with E-state index in [2.05, 4.69) is 10.3 Å². The lowest BCUT2D eigenvalue weighted by molar-refractivity contribution is 0.206. The number of anilines is 2. The van der Waals surface area contributed by atoms with Crippen molar-refractivity contribution in [1.82, 2.24) is 4.98 Å². The molecule has 0 aliphatic heterocycles. The molecule has 0 aliphatic carbocycles. The summed E-state index contributed by atoms with van der Waals surface area (Å²) >= 11 is 0. The van der Waals surface area contributed by atoms with Crippen LogP contribution in [0.5, 0.6) is 0 Å². The molecular weight excluding hydrogens is 216 g/mol. The Balaban J connectivity index is 2.94. The van der Waals surface area contributed by atoms with Crippen LogP contribution in [0.1, 0.15) is 0 Å². The summed E-state index contributed by atoms with van der Waals surface area (Å²) in [5, 5.41) is 2.56. The summed E-state index contributed by atoms with van der Waals surface area (Å²) in [7, 11) is 4.76. The van der Waals surface area contributed by atoms with E-state index in [1.165, 1.54) is 7.05 Å². The Bertz CT molecular complexity index is 360. The highest BCUT2D eigenvalue weighted by Crippen LogP contribution is 2.20. The van der Waals surface area contributed by atoms with Crippen molar-refractivity contribution in [2.45, 2.75) is 0 Å². The van der Waals surface area contributed by atoms with E-state index in [1.54, 1.807) is 19.1 Å². The van der Waals surface area contributed by atoms with Crippen molar-refractivity contribution < 1.29 is 13.5 Å². The fraction of sp³-hybridized carbons (Fsp3) is 0.500. The van der Waals surface area contributed by atoms with E-state index in [1.807, 2.05) is 0 Å². The van der Waals surface area contributed by atoms with E-state index in [0.29, 0.717) is 13.2 Å². The second-order valence-electron chi connectivity index (χ2n) is 3.29. The number of pyridine rings is 1. The van der Waals surface area contributed by atoms with Gasteiger partial charge in [0.05, 0.1) is 6.61 Å². The number of nitrogens with one attached hydrogen (secondary N) is 1. The third-order valence-corrected chi connectivity index (χ3v) is 2.14. The standard InChI is InChI=1S/C10H15F2N3O/c1-13-9-7(11)6-8(12)10(14-9)15(2)4-5-16-3/h6H,4-5H2,1-3H3,(H,13,14). The van der Waals surface area contributed by atoms with Gasteiger partial charge in [-0.15, -0.1) is 0 Å². The topological polar surface area (TPSA) is 37.4 Å². The van der Waals surface area contributed by atoms with Gasteiger partial charge in [0, 0.05) is 33.8 Å². The number of ether oxygens (including phenoxy) is 1. The predicted octanol–water partition coefficient (Wildman–Crippen LogP) is 1.48. The van der Waals surface area contributed by atoms with Crippen molar-refractivity contribution in [2.75, 3.05) is 44.6 Å². The molecule has 6 heteroatoms. The van der Waals surface area contributed by atoms with Crippen molar-refractivity contribution >= 4 is 11.6 Å². The first-order valence-corrected chi connectivity index (χ1v) is 4.84. The lowest BCUT2D eigenvalue weighted by atomic mass is 10.3. The Morgan fingerprint density at radius 3 is 2.69 bits per heavy atom. The third-order valence-electron chi connectivity index (χ3n) is 2.14. The average Bonchev–Trinajstić information content (AvgIpc) is 2.26. The Hall–Kier alpha value is -1.43. The van der Waals surface area contributed by atoms with Crippen molar-refractivity contribution in [3.8, 4) is 0 Å². The van der Waals surface area contributed by atoms with Crippen LogP contribution in [0.25, 0.3) is 0 Å². The molecule has 0 saturated carbocycles. The monoisotopic (exact) mass is 231 g/mol. The number of halogens is 2. The molecule has 0 fully saturated rings. The van der Waals surface area contributed by atoms with E-state index < -0.39 is 11.6 Å². The van der Waals surface area contributed by atoms with Crippen molar-refractivity contribution in [1.29, 1.82) is 0 Å². The fourth-order valence-corrected chi connectivity index (χ4v) is 1.23. The molecule has 90 valence electrons. The highest BCUT2D eigenvalue weighted by atomic mass is 19.1. The molecule has 0 atom stereocenters. The Morgan fingerprint density at radius 1 is 1.44 bits per heavy atom. The summed E-state index contributed by atoms with van der Waals surface area (Å²) in [6.45, 7) is 0.930. The maximum Gasteiger partial charge on any atom is 0.168 e. The first-order chi connectivity index (χ1) is 7.60. The second-order valence-corrected chi connectivity index (χ2v) is 3.29. The Morgan fingerprint density at radius 2 is 2.12 bits per heavy atom. The van der Waals surface area contributed by atoms with Crippen LogP contribution >= 0.6 is 0 Å². The number of likely N-dealkylation sites (N-methyl/N-ethyl adjacent to an activating group) is 1. The molecular formula is C10H15F2N3O. The molecule has 1 N–H and O–H groups in total. The van der Waals surface area contributed by atoms with E-state index in [4.69, 9.17) is 4.74 Å². The number of hydrogen-bond donors (Lipinski definition) is 1. The van der Waals surface area contributed by atoms with Crippen LogP contribution in [0, 0.1) is 11.6 Å². The number of aromatic nitrogens is 1. The van der Waals surface area contributed by atoms with Crippen LogP contribution in [0.3, 0.4) is 0 Å². The van der Waals surface area contributed by atoms with Crippen LogP contribution in [-0.4, -0.2) is 39.3 Å². The highest BCUT2D eigenvalue weighted by Gasteiger charge is 2.14.